The zero-order chi connectivity index (χ0) is 17.0. The number of hydrogen-bond donors (Lipinski definition) is 0. The first-order valence-corrected chi connectivity index (χ1v) is 7.93. The molecule has 7 heteroatoms. The Labute approximate surface area is 140 Å². The molecule has 0 aliphatic heterocycles. The van der Waals surface area contributed by atoms with Crippen molar-refractivity contribution in [3.8, 4) is 0 Å². The summed E-state index contributed by atoms with van der Waals surface area (Å²) in [4.78, 5) is 30.1. The highest BCUT2D eigenvalue weighted by atomic mass is 35.5. The lowest BCUT2D eigenvalue weighted by Crippen LogP contribution is -2.31. The van der Waals surface area contributed by atoms with Gasteiger partial charge in [0, 0.05) is 30.9 Å². The summed E-state index contributed by atoms with van der Waals surface area (Å²) in [7, 11) is 1.66. The van der Waals surface area contributed by atoms with Gasteiger partial charge in [0.05, 0.1) is 18.7 Å². The van der Waals surface area contributed by atoms with Crippen molar-refractivity contribution in [3.63, 3.8) is 0 Å². The van der Waals surface area contributed by atoms with Gasteiger partial charge in [-0.2, -0.15) is 0 Å². The minimum Gasteiger partial charge on any atom is -0.466 e. The van der Waals surface area contributed by atoms with Crippen LogP contribution in [0.4, 0.5) is 0 Å². The van der Waals surface area contributed by atoms with E-state index in [1.165, 1.54) is 4.90 Å². The monoisotopic (exact) mass is 337 g/mol. The number of esters is 1. The van der Waals surface area contributed by atoms with E-state index in [4.69, 9.17) is 16.3 Å². The molecular formula is C16H20ClN3O3. The zero-order valence-electron chi connectivity index (χ0n) is 13.5. The van der Waals surface area contributed by atoms with E-state index in [1.54, 1.807) is 36.7 Å². The van der Waals surface area contributed by atoms with Gasteiger partial charge in [0.15, 0.2) is 0 Å². The number of nitrogens with zero attached hydrogens (tertiary/aromatic N) is 3. The Morgan fingerprint density at radius 1 is 1.39 bits per heavy atom. The van der Waals surface area contributed by atoms with E-state index >= 15 is 0 Å². The van der Waals surface area contributed by atoms with Gasteiger partial charge in [0.25, 0.3) is 5.91 Å². The number of aromatic nitrogens is 2. The Balaban J connectivity index is 2.24. The number of ether oxygens (including phenoxy) is 1. The summed E-state index contributed by atoms with van der Waals surface area (Å²) in [6.07, 6.45) is 2.53. The number of pyridine rings is 1. The topological polar surface area (TPSA) is 63.9 Å². The van der Waals surface area contributed by atoms with Crippen LogP contribution in [0.5, 0.6) is 0 Å². The van der Waals surface area contributed by atoms with Crippen LogP contribution in [0.25, 0.3) is 5.65 Å². The van der Waals surface area contributed by atoms with Crippen LogP contribution >= 0.6 is 11.6 Å². The van der Waals surface area contributed by atoms with E-state index in [9.17, 15) is 9.59 Å². The highest BCUT2D eigenvalue weighted by Crippen LogP contribution is 2.19. The van der Waals surface area contributed by atoms with Crippen molar-refractivity contribution < 1.29 is 14.3 Å². The molecule has 1 amide bonds. The largest absolute Gasteiger partial charge is 0.466 e. The summed E-state index contributed by atoms with van der Waals surface area (Å²) in [5.74, 6) is -0.492. The van der Waals surface area contributed by atoms with Gasteiger partial charge in [-0.25, -0.2) is 4.98 Å². The number of amides is 1. The molecule has 2 heterocycles. The minimum absolute atomic E-state index is 0.167. The summed E-state index contributed by atoms with van der Waals surface area (Å²) in [5, 5.41) is 0.569. The Morgan fingerprint density at radius 2 is 2.13 bits per heavy atom. The molecule has 0 aliphatic rings. The van der Waals surface area contributed by atoms with Gasteiger partial charge >= 0.3 is 5.97 Å². The lowest BCUT2D eigenvalue weighted by Gasteiger charge is -2.17. The minimum atomic E-state index is -0.312. The first-order valence-electron chi connectivity index (χ1n) is 7.55. The normalized spacial score (nSPS) is 10.8. The lowest BCUT2D eigenvalue weighted by atomic mass is 10.2. The molecule has 124 valence electrons. The predicted octanol–water partition coefficient (Wildman–Crippen LogP) is 2.58. The van der Waals surface area contributed by atoms with Crippen LogP contribution in [-0.2, 0) is 16.0 Å². The molecule has 0 saturated heterocycles. The maximum atomic E-state index is 12.7. The van der Waals surface area contributed by atoms with Gasteiger partial charge < -0.3 is 9.64 Å². The smallest absolute Gasteiger partial charge is 0.307 e. The molecule has 0 fully saturated rings. The van der Waals surface area contributed by atoms with E-state index in [-0.39, 0.29) is 18.3 Å². The number of halogens is 1. The molecule has 0 radical (unpaired) electrons. The van der Waals surface area contributed by atoms with Crippen molar-refractivity contribution >= 4 is 29.1 Å². The molecule has 0 N–H and O–H groups in total. The molecule has 0 atom stereocenters. The SMILES string of the molecule is CCOC(=O)CCN(C)C(=O)c1c(CC)nc2cc(Cl)ccn12. The molecule has 6 nitrogen and oxygen atoms in total. The molecule has 2 rings (SSSR count). The molecule has 0 spiro atoms. The van der Waals surface area contributed by atoms with Crippen LogP contribution in [0.3, 0.4) is 0 Å². The summed E-state index contributed by atoms with van der Waals surface area (Å²) >= 11 is 5.98. The second-order valence-electron chi connectivity index (χ2n) is 5.12. The van der Waals surface area contributed by atoms with Crippen molar-refractivity contribution in [3.05, 3.63) is 34.7 Å². The van der Waals surface area contributed by atoms with Gasteiger partial charge in [0.2, 0.25) is 0 Å². The van der Waals surface area contributed by atoms with Crippen LogP contribution < -0.4 is 0 Å². The molecule has 23 heavy (non-hydrogen) atoms. The van der Waals surface area contributed by atoms with Gasteiger partial charge in [-0.3, -0.25) is 14.0 Å². The summed E-state index contributed by atoms with van der Waals surface area (Å²) in [5.41, 5.74) is 1.85. The zero-order valence-corrected chi connectivity index (χ0v) is 14.3. The standard InChI is InChI=1S/C16H20ClN3O3/c1-4-12-15(20-9-6-11(17)10-13(20)18-12)16(22)19(3)8-7-14(21)23-5-2/h6,9-10H,4-5,7-8H2,1-3H3. The maximum absolute atomic E-state index is 12.7. The fourth-order valence-corrected chi connectivity index (χ4v) is 2.47. The maximum Gasteiger partial charge on any atom is 0.307 e. The van der Waals surface area contributed by atoms with Crippen LogP contribution in [0.2, 0.25) is 5.02 Å². The first-order chi connectivity index (χ1) is 11.0. The van der Waals surface area contributed by atoms with Gasteiger partial charge in [0.1, 0.15) is 11.3 Å². The summed E-state index contributed by atoms with van der Waals surface area (Å²) in [6, 6.07) is 3.43. The average Bonchev–Trinajstić information content (AvgIpc) is 2.89. The quantitative estimate of drug-likeness (QED) is 0.760. The molecule has 2 aromatic rings. The number of aryl methyl sites for hydroxylation is 1. The van der Waals surface area contributed by atoms with E-state index in [0.717, 1.165) is 0 Å². The number of carbonyl (C=O) groups is 2. The highest BCUT2D eigenvalue weighted by molar-refractivity contribution is 6.30. The van der Waals surface area contributed by atoms with Crippen molar-refractivity contribution in [1.82, 2.24) is 14.3 Å². The molecule has 2 aromatic heterocycles. The third-order valence-electron chi connectivity index (χ3n) is 3.50. The Bertz CT molecular complexity index is 727. The fourth-order valence-electron chi connectivity index (χ4n) is 2.32. The van der Waals surface area contributed by atoms with Crippen molar-refractivity contribution in [2.75, 3.05) is 20.2 Å². The Morgan fingerprint density at radius 3 is 2.78 bits per heavy atom. The number of rotatable bonds is 6. The molecule has 0 bridgehead atoms. The number of carbonyl (C=O) groups excluding carboxylic acids is 2. The molecule has 0 unspecified atom stereocenters. The van der Waals surface area contributed by atoms with Crippen molar-refractivity contribution in [1.29, 1.82) is 0 Å². The van der Waals surface area contributed by atoms with Crippen LogP contribution in [0.1, 0.15) is 36.5 Å². The number of imidazole rings is 1. The molecule has 0 saturated carbocycles. The lowest BCUT2D eigenvalue weighted by molar-refractivity contribution is -0.143. The van der Waals surface area contributed by atoms with Crippen LogP contribution in [0.15, 0.2) is 18.3 Å². The Kier molecular flexibility index (Phi) is 5.60. The second-order valence-corrected chi connectivity index (χ2v) is 5.55. The van der Waals surface area contributed by atoms with Gasteiger partial charge in [-0.1, -0.05) is 18.5 Å². The van der Waals surface area contributed by atoms with Crippen LogP contribution in [0, 0.1) is 0 Å². The van der Waals surface area contributed by atoms with Crippen LogP contribution in [-0.4, -0.2) is 46.4 Å². The summed E-state index contributed by atoms with van der Waals surface area (Å²) < 4.78 is 6.61. The second kappa shape index (κ2) is 7.46. The third-order valence-corrected chi connectivity index (χ3v) is 3.74. The van der Waals surface area contributed by atoms with E-state index in [1.807, 2.05) is 6.92 Å². The van der Waals surface area contributed by atoms with E-state index in [0.29, 0.717) is 41.6 Å². The Hall–Kier alpha value is -2.08. The first kappa shape index (κ1) is 17.3. The third kappa shape index (κ3) is 3.82. The molecular weight excluding hydrogens is 318 g/mol. The van der Waals surface area contributed by atoms with Crippen molar-refractivity contribution in [2.45, 2.75) is 26.7 Å². The number of hydrogen-bond acceptors (Lipinski definition) is 4. The summed E-state index contributed by atoms with van der Waals surface area (Å²) in [6.45, 7) is 4.33. The predicted molar refractivity (Wildman–Crippen MR) is 87.8 cm³/mol. The van der Waals surface area contributed by atoms with E-state index in [2.05, 4.69) is 4.98 Å². The molecule has 0 aliphatic carbocycles. The fraction of sp³-hybridized carbons (Fsp3) is 0.438. The average molecular weight is 338 g/mol. The van der Waals surface area contributed by atoms with Gasteiger partial charge in [-0.15, -0.1) is 0 Å². The number of fused-ring (bicyclic) bond motifs is 1. The van der Waals surface area contributed by atoms with Gasteiger partial charge in [-0.05, 0) is 19.4 Å². The highest BCUT2D eigenvalue weighted by Gasteiger charge is 2.22. The van der Waals surface area contributed by atoms with Crippen molar-refractivity contribution in [2.24, 2.45) is 0 Å². The van der Waals surface area contributed by atoms with E-state index < -0.39 is 0 Å². The molecule has 0 aromatic carbocycles.